The maximum absolute atomic E-state index is 13.5. The van der Waals surface area contributed by atoms with E-state index in [-0.39, 0.29) is 48.8 Å². The van der Waals surface area contributed by atoms with Gasteiger partial charge in [0.2, 0.25) is 15.9 Å². The fourth-order valence-electron chi connectivity index (χ4n) is 3.76. The maximum Gasteiger partial charge on any atom is 0.248 e. The first-order chi connectivity index (χ1) is 15.7. The highest BCUT2D eigenvalue weighted by molar-refractivity contribution is 7.89. The molecule has 1 N–H and O–H groups in total. The number of hydrogen-bond acceptors (Lipinski definition) is 7. The molecule has 0 spiro atoms. The standard InChI is InChI=1S/C23H31N3O6S/c1-16-12-26(17(2)14-27)33(29,30)22-8-7-18(19-6-5-9-24-11-19)10-20(22)32-21(16)13-25(3)23(28)15-31-4/h5-11,16-17,21,27H,12-15H2,1-4H3/t16-,17+,21-/m0/s1. The number of rotatable bonds is 7. The van der Waals surface area contributed by atoms with Crippen molar-refractivity contribution in [1.29, 1.82) is 0 Å². The van der Waals surface area contributed by atoms with Crippen molar-refractivity contribution in [2.24, 2.45) is 5.92 Å². The molecule has 1 aromatic carbocycles. The summed E-state index contributed by atoms with van der Waals surface area (Å²) in [5.74, 6) is -0.259. The zero-order valence-corrected chi connectivity index (χ0v) is 20.2. The number of aliphatic hydroxyl groups excluding tert-OH is 1. The third-order valence-electron chi connectivity index (χ3n) is 5.81. The molecule has 1 amide bonds. The Morgan fingerprint density at radius 3 is 2.76 bits per heavy atom. The number of amides is 1. The lowest BCUT2D eigenvalue weighted by Gasteiger charge is -2.37. The summed E-state index contributed by atoms with van der Waals surface area (Å²) in [7, 11) is -0.815. The summed E-state index contributed by atoms with van der Waals surface area (Å²) in [6.07, 6.45) is 2.87. The molecule has 3 rings (SSSR count). The fraction of sp³-hybridized carbons (Fsp3) is 0.478. The smallest absolute Gasteiger partial charge is 0.248 e. The Morgan fingerprint density at radius 1 is 1.36 bits per heavy atom. The molecule has 0 saturated heterocycles. The molecule has 9 nitrogen and oxygen atoms in total. The highest BCUT2D eigenvalue weighted by Gasteiger charge is 2.38. The molecule has 1 aliphatic heterocycles. The molecule has 0 radical (unpaired) electrons. The molecule has 3 atom stereocenters. The van der Waals surface area contributed by atoms with Gasteiger partial charge in [0.25, 0.3) is 0 Å². The van der Waals surface area contributed by atoms with Gasteiger partial charge in [0.15, 0.2) is 0 Å². The average Bonchev–Trinajstić information content (AvgIpc) is 2.81. The highest BCUT2D eigenvalue weighted by atomic mass is 32.2. The van der Waals surface area contributed by atoms with E-state index in [0.717, 1.165) is 11.1 Å². The third kappa shape index (κ3) is 5.52. The van der Waals surface area contributed by atoms with Gasteiger partial charge in [-0.3, -0.25) is 9.78 Å². The SMILES string of the molecule is COCC(=O)N(C)C[C@@H]1Oc2cc(-c3cccnc3)ccc2S(=O)(=O)N([C@H](C)CO)C[C@@H]1C. The minimum absolute atomic E-state index is 0.0261. The lowest BCUT2D eigenvalue weighted by atomic mass is 10.0. The average molecular weight is 478 g/mol. The Hall–Kier alpha value is -2.53. The van der Waals surface area contributed by atoms with E-state index in [0.29, 0.717) is 0 Å². The van der Waals surface area contributed by atoms with E-state index in [1.165, 1.54) is 22.4 Å². The Balaban J connectivity index is 2.08. The first kappa shape index (κ1) is 25.1. The number of sulfonamides is 1. The van der Waals surface area contributed by atoms with Crippen LogP contribution in [0.2, 0.25) is 0 Å². The molecular weight excluding hydrogens is 446 g/mol. The number of benzene rings is 1. The monoisotopic (exact) mass is 477 g/mol. The predicted molar refractivity (Wildman–Crippen MR) is 123 cm³/mol. The second-order valence-electron chi connectivity index (χ2n) is 8.35. The molecule has 2 aromatic rings. The summed E-state index contributed by atoms with van der Waals surface area (Å²) < 4.78 is 39.6. The minimum atomic E-state index is -3.93. The van der Waals surface area contributed by atoms with Gasteiger partial charge in [-0.25, -0.2) is 8.42 Å². The van der Waals surface area contributed by atoms with Crippen LogP contribution in [0.3, 0.4) is 0 Å². The van der Waals surface area contributed by atoms with Crippen molar-refractivity contribution in [1.82, 2.24) is 14.2 Å². The largest absolute Gasteiger partial charge is 0.487 e. The van der Waals surface area contributed by atoms with Crippen LogP contribution in [0.1, 0.15) is 13.8 Å². The van der Waals surface area contributed by atoms with E-state index in [1.807, 2.05) is 13.0 Å². The number of carbonyl (C=O) groups is 1. The van der Waals surface area contributed by atoms with Crippen molar-refractivity contribution in [3.05, 3.63) is 42.7 Å². The molecular formula is C23H31N3O6S. The molecule has 2 heterocycles. The van der Waals surface area contributed by atoms with Gasteiger partial charge >= 0.3 is 0 Å². The molecule has 10 heteroatoms. The lowest BCUT2D eigenvalue weighted by Crippen LogP contribution is -2.50. The second-order valence-corrected chi connectivity index (χ2v) is 10.2. The van der Waals surface area contributed by atoms with E-state index < -0.39 is 22.2 Å². The summed E-state index contributed by atoms with van der Waals surface area (Å²) in [6, 6.07) is 7.99. The second kappa shape index (κ2) is 10.6. The number of nitrogens with zero attached hydrogens (tertiary/aromatic N) is 3. The number of ether oxygens (including phenoxy) is 2. The number of aromatic nitrogens is 1. The Morgan fingerprint density at radius 2 is 2.12 bits per heavy atom. The minimum Gasteiger partial charge on any atom is -0.487 e. The van der Waals surface area contributed by atoms with E-state index in [9.17, 15) is 18.3 Å². The molecule has 33 heavy (non-hydrogen) atoms. The van der Waals surface area contributed by atoms with Crippen molar-refractivity contribution in [3.8, 4) is 16.9 Å². The predicted octanol–water partition coefficient (Wildman–Crippen LogP) is 1.62. The number of aliphatic hydroxyl groups is 1. The lowest BCUT2D eigenvalue weighted by molar-refractivity contribution is -0.135. The number of fused-ring (bicyclic) bond motifs is 1. The van der Waals surface area contributed by atoms with Crippen LogP contribution >= 0.6 is 0 Å². The molecule has 1 aromatic heterocycles. The first-order valence-electron chi connectivity index (χ1n) is 10.8. The van der Waals surface area contributed by atoms with Crippen molar-refractivity contribution >= 4 is 15.9 Å². The Labute approximate surface area is 195 Å². The summed E-state index contributed by atoms with van der Waals surface area (Å²) >= 11 is 0. The van der Waals surface area contributed by atoms with Gasteiger partial charge in [-0.05, 0) is 30.7 Å². The number of likely N-dealkylation sites (N-methyl/N-ethyl adjacent to an activating group) is 1. The van der Waals surface area contributed by atoms with E-state index in [1.54, 1.807) is 44.6 Å². The molecule has 1 aliphatic rings. The Kier molecular flexibility index (Phi) is 8.06. The number of hydrogen-bond donors (Lipinski definition) is 1. The summed E-state index contributed by atoms with van der Waals surface area (Å²) in [5, 5.41) is 9.74. The van der Waals surface area contributed by atoms with Gasteiger partial charge in [0, 0.05) is 50.6 Å². The first-order valence-corrected chi connectivity index (χ1v) is 12.2. The molecule has 0 bridgehead atoms. The maximum atomic E-state index is 13.5. The number of methoxy groups -OCH3 is 1. The molecule has 0 unspecified atom stereocenters. The van der Waals surface area contributed by atoms with E-state index in [4.69, 9.17) is 9.47 Å². The number of carbonyl (C=O) groups excluding carboxylic acids is 1. The molecule has 0 fully saturated rings. The zero-order chi connectivity index (χ0) is 24.2. The van der Waals surface area contributed by atoms with Crippen LogP contribution in [0.25, 0.3) is 11.1 Å². The summed E-state index contributed by atoms with van der Waals surface area (Å²) in [4.78, 5) is 18.0. The van der Waals surface area contributed by atoms with Gasteiger partial charge in [0.1, 0.15) is 23.4 Å². The van der Waals surface area contributed by atoms with Gasteiger partial charge in [0.05, 0.1) is 13.2 Å². The quantitative estimate of drug-likeness (QED) is 0.645. The van der Waals surface area contributed by atoms with Crippen LogP contribution < -0.4 is 4.74 Å². The summed E-state index contributed by atoms with van der Waals surface area (Å²) in [6.45, 7) is 3.57. The fourth-order valence-corrected chi connectivity index (χ4v) is 5.59. The van der Waals surface area contributed by atoms with Gasteiger partial charge in [-0.2, -0.15) is 4.31 Å². The van der Waals surface area contributed by atoms with Gasteiger partial charge in [-0.1, -0.05) is 19.1 Å². The normalized spacial score (nSPS) is 21.2. The van der Waals surface area contributed by atoms with Crippen molar-refractivity contribution in [2.45, 2.75) is 30.9 Å². The van der Waals surface area contributed by atoms with Crippen LogP contribution in [-0.2, 0) is 19.6 Å². The molecule has 0 aliphatic carbocycles. The van der Waals surface area contributed by atoms with Crippen LogP contribution in [0.5, 0.6) is 5.75 Å². The Bertz CT molecular complexity index is 1060. The number of pyridine rings is 1. The highest BCUT2D eigenvalue weighted by Crippen LogP contribution is 2.36. The van der Waals surface area contributed by atoms with E-state index in [2.05, 4.69) is 4.98 Å². The van der Waals surface area contributed by atoms with Crippen LogP contribution in [-0.4, -0.2) is 86.2 Å². The van der Waals surface area contributed by atoms with Gasteiger partial charge < -0.3 is 19.5 Å². The van der Waals surface area contributed by atoms with Crippen molar-refractivity contribution in [2.75, 3.05) is 40.5 Å². The van der Waals surface area contributed by atoms with Crippen LogP contribution in [0.15, 0.2) is 47.6 Å². The third-order valence-corrected chi connectivity index (χ3v) is 7.83. The van der Waals surface area contributed by atoms with Crippen LogP contribution in [0, 0.1) is 5.92 Å². The van der Waals surface area contributed by atoms with Crippen molar-refractivity contribution in [3.63, 3.8) is 0 Å². The zero-order valence-electron chi connectivity index (χ0n) is 19.3. The van der Waals surface area contributed by atoms with E-state index >= 15 is 0 Å². The summed E-state index contributed by atoms with van der Waals surface area (Å²) in [5.41, 5.74) is 1.58. The topological polar surface area (TPSA) is 109 Å². The molecule has 0 saturated carbocycles. The van der Waals surface area contributed by atoms with Crippen LogP contribution in [0.4, 0.5) is 0 Å². The molecule has 180 valence electrons. The van der Waals surface area contributed by atoms with Gasteiger partial charge in [-0.15, -0.1) is 0 Å². The van der Waals surface area contributed by atoms with Crippen molar-refractivity contribution < 1.29 is 27.8 Å².